The lowest BCUT2D eigenvalue weighted by atomic mass is 9.75. The second kappa shape index (κ2) is 9.04. The predicted molar refractivity (Wildman–Crippen MR) is 125 cm³/mol. The normalized spacial score (nSPS) is 17.7. The number of carbonyl (C=O) groups is 2. The smallest absolute Gasteiger partial charge is 0.304 e. The standard InChI is InChI=1S/C25H22N4O4/c26-20-15-27-23(18-10-5-2-6-11-18)29(24(20)33)16-21(30)25(12-7-13-28-25)19(14-22(31)32)17-8-3-1-4-9-17/h1-13,15,19H,14,16,26H2,(H,31,32). The van der Waals surface area contributed by atoms with Crippen LogP contribution in [0, 0.1) is 0 Å². The van der Waals surface area contributed by atoms with E-state index in [1.807, 2.05) is 12.1 Å². The van der Waals surface area contributed by atoms with Crippen molar-refractivity contribution in [3.8, 4) is 11.4 Å². The fraction of sp³-hybridized carbons (Fsp3) is 0.160. The summed E-state index contributed by atoms with van der Waals surface area (Å²) in [6, 6.07) is 17.9. The highest BCUT2D eigenvalue weighted by Gasteiger charge is 2.46. The lowest BCUT2D eigenvalue weighted by Crippen LogP contribution is -2.44. The number of allylic oxidation sites excluding steroid dienone is 1. The molecule has 166 valence electrons. The lowest BCUT2D eigenvalue weighted by Gasteiger charge is -2.32. The highest BCUT2D eigenvalue weighted by Crippen LogP contribution is 2.39. The summed E-state index contributed by atoms with van der Waals surface area (Å²) in [6.45, 7) is -0.369. The molecule has 3 N–H and O–H groups in total. The van der Waals surface area contributed by atoms with E-state index in [0.717, 1.165) is 0 Å². The number of Topliss-reactive ketones (excluding diaryl/α,β-unsaturated/α-hetero) is 1. The Kier molecular flexibility index (Phi) is 5.99. The van der Waals surface area contributed by atoms with Crippen molar-refractivity contribution in [3.63, 3.8) is 0 Å². The average Bonchev–Trinajstić information content (AvgIpc) is 3.33. The van der Waals surface area contributed by atoms with Crippen molar-refractivity contribution < 1.29 is 14.7 Å². The number of nitrogen functional groups attached to an aromatic ring is 1. The first-order chi connectivity index (χ1) is 15.9. The molecule has 0 spiro atoms. The number of carboxylic acids is 1. The number of ketones is 1. The number of aliphatic imine (C=N–C) groups is 1. The fourth-order valence-electron chi connectivity index (χ4n) is 4.09. The summed E-state index contributed by atoms with van der Waals surface area (Å²) in [5.74, 6) is -1.96. The first-order valence-corrected chi connectivity index (χ1v) is 10.4. The second-order valence-electron chi connectivity index (χ2n) is 7.74. The summed E-state index contributed by atoms with van der Waals surface area (Å²) in [6.07, 6.45) is 5.66. The largest absolute Gasteiger partial charge is 0.481 e. The highest BCUT2D eigenvalue weighted by molar-refractivity contribution is 5.97. The van der Waals surface area contributed by atoms with Gasteiger partial charge in [-0.05, 0) is 17.7 Å². The zero-order valence-corrected chi connectivity index (χ0v) is 17.7. The predicted octanol–water partition coefficient (Wildman–Crippen LogP) is 2.70. The van der Waals surface area contributed by atoms with Crippen LogP contribution in [-0.4, -0.2) is 38.2 Å². The summed E-state index contributed by atoms with van der Waals surface area (Å²) in [5, 5.41) is 9.60. The molecular formula is C25H22N4O4. The van der Waals surface area contributed by atoms with Crippen molar-refractivity contribution >= 4 is 23.7 Å². The molecule has 1 aliphatic rings. The monoisotopic (exact) mass is 442 g/mol. The van der Waals surface area contributed by atoms with Gasteiger partial charge in [-0.3, -0.25) is 23.9 Å². The molecule has 0 saturated heterocycles. The van der Waals surface area contributed by atoms with Gasteiger partial charge in [0.2, 0.25) is 0 Å². The van der Waals surface area contributed by atoms with E-state index in [9.17, 15) is 19.5 Å². The zero-order valence-electron chi connectivity index (χ0n) is 17.7. The molecule has 1 aromatic heterocycles. The molecule has 0 fully saturated rings. The number of nitrogens with zero attached hydrogens (tertiary/aromatic N) is 3. The van der Waals surface area contributed by atoms with Gasteiger partial charge in [0.05, 0.1) is 19.2 Å². The number of benzene rings is 2. The number of hydrogen-bond acceptors (Lipinski definition) is 6. The molecule has 8 heteroatoms. The fourth-order valence-corrected chi connectivity index (χ4v) is 4.09. The van der Waals surface area contributed by atoms with Gasteiger partial charge in [0.25, 0.3) is 5.56 Å². The van der Waals surface area contributed by atoms with Gasteiger partial charge in [0.1, 0.15) is 17.1 Å². The van der Waals surface area contributed by atoms with Gasteiger partial charge < -0.3 is 10.8 Å². The van der Waals surface area contributed by atoms with Crippen LogP contribution >= 0.6 is 0 Å². The Labute approximate surface area is 189 Å². The van der Waals surface area contributed by atoms with Crippen molar-refractivity contribution in [3.05, 3.63) is 94.9 Å². The summed E-state index contributed by atoms with van der Waals surface area (Å²) in [4.78, 5) is 47.2. The van der Waals surface area contributed by atoms with Gasteiger partial charge in [-0.2, -0.15) is 0 Å². The topological polar surface area (TPSA) is 128 Å². The van der Waals surface area contributed by atoms with Crippen LogP contribution < -0.4 is 11.3 Å². The third-order valence-corrected chi connectivity index (χ3v) is 5.69. The van der Waals surface area contributed by atoms with Crippen molar-refractivity contribution in [2.45, 2.75) is 24.4 Å². The maximum Gasteiger partial charge on any atom is 0.304 e. The molecule has 0 saturated carbocycles. The van der Waals surface area contributed by atoms with E-state index < -0.39 is 28.8 Å². The quantitative estimate of drug-likeness (QED) is 0.552. The molecule has 2 heterocycles. The first-order valence-electron chi connectivity index (χ1n) is 10.4. The van der Waals surface area contributed by atoms with E-state index in [1.54, 1.807) is 60.7 Å². The maximum atomic E-state index is 13.8. The van der Waals surface area contributed by atoms with E-state index in [1.165, 1.54) is 17.0 Å². The molecule has 2 unspecified atom stereocenters. The molecule has 4 rings (SSSR count). The van der Waals surface area contributed by atoms with E-state index in [0.29, 0.717) is 17.0 Å². The van der Waals surface area contributed by atoms with E-state index in [-0.39, 0.29) is 18.7 Å². The number of carboxylic acid groups (broad SMARTS) is 1. The summed E-state index contributed by atoms with van der Waals surface area (Å²) in [7, 11) is 0. The van der Waals surface area contributed by atoms with Crippen LogP contribution in [-0.2, 0) is 16.1 Å². The minimum Gasteiger partial charge on any atom is -0.481 e. The molecule has 0 radical (unpaired) electrons. The van der Waals surface area contributed by atoms with Crippen LogP contribution in [0.15, 0.2) is 88.8 Å². The zero-order chi connectivity index (χ0) is 23.4. The third kappa shape index (κ3) is 4.23. The number of rotatable bonds is 8. The molecule has 0 aliphatic carbocycles. The molecule has 33 heavy (non-hydrogen) atoms. The summed E-state index contributed by atoms with van der Waals surface area (Å²) < 4.78 is 1.22. The first kappa shape index (κ1) is 21.9. The molecule has 2 aromatic carbocycles. The molecule has 0 bridgehead atoms. The van der Waals surface area contributed by atoms with Crippen LogP contribution in [0.3, 0.4) is 0 Å². The van der Waals surface area contributed by atoms with Crippen LogP contribution in [0.1, 0.15) is 17.9 Å². The number of hydrogen-bond donors (Lipinski definition) is 2. The van der Waals surface area contributed by atoms with Crippen LogP contribution in [0.2, 0.25) is 0 Å². The Hall–Kier alpha value is -4.33. The molecule has 0 amide bonds. The third-order valence-electron chi connectivity index (χ3n) is 5.69. The second-order valence-corrected chi connectivity index (χ2v) is 7.74. The molecule has 2 atom stereocenters. The maximum absolute atomic E-state index is 13.8. The van der Waals surface area contributed by atoms with Gasteiger partial charge in [-0.1, -0.05) is 60.7 Å². The van der Waals surface area contributed by atoms with Gasteiger partial charge >= 0.3 is 5.97 Å². The summed E-state index contributed by atoms with van der Waals surface area (Å²) >= 11 is 0. The van der Waals surface area contributed by atoms with E-state index in [4.69, 9.17) is 5.73 Å². The van der Waals surface area contributed by atoms with E-state index >= 15 is 0 Å². The van der Waals surface area contributed by atoms with Gasteiger partial charge in [-0.15, -0.1) is 0 Å². The van der Waals surface area contributed by atoms with Crippen LogP contribution in [0.25, 0.3) is 11.4 Å². The Morgan fingerprint density at radius 2 is 1.73 bits per heavy atom. The number of nitrogens with two attached hydrogens (primary N) is 1. The van der Waals surface area contributed by atoms with Gasteiger partial charge in [0.15, 0.2) is 5.78 Å². The highest BCUT2D eigenvalue weighted by atomic mass is 16.4. The van der Waals surface area contributed by atoms with Crippen molar-refractivity contribution in [1.82, 2.24) is 9.55 Å². The molecule has 8 nitrogen and oxygen atoms in total. The number of aromatic nitrogens is 2. The van der Waals surface area contributed by atoms with Crippen LogP contribution in [0.4, 0.5) is 5.69 Å². The molecular weight excluding hydrogens is 420 g/mol. The number of aliphatic carboxylic acids is 1. The lowest BCUT2D eigenvalue weighted by molar-refractivity contribution is -0.138. The average molecular weight is 442 g/mol. The van der Waals surface area contributed by atoms with Crippen molar-refractivity contribution in [2.75, 3.05) is 5.73 Å². The van der Waals surface area contributed by atoms with Gasteiger partial charge in [-0.25, -0.2) is 4.98 Å². The minimum atomic E-state index is -1.47. The van der Waals surface area contributed by atoms with E-state index in [2.05, 4.69) is 9.98 Å². The number of anilines is 1. The van der Waals surface area contributed by atoms with Gasteiger partial charge in [0, 0.05) is 17.7 Å². The number of carbonyl (C=O) groups excluding carboxylic acids is 1. The Morgan fingerprint density at radius 3 is 2.33 bits per heavy atom. The van der Waals surface area contributed by atoms with Crippen molar-refractivity contribution in [1.29, 1.82) is 0 Å². The Bertz CT molecular complexity index is 1280. The molecule has 1 aliphatic heterocycles. The van der Waals surface area contributed by atoms with Crippen LogP contribution in [0.5, 0.6) is 0 Å². The Balaban J connectivity index is 1.80. The minimum absolute atomic E-state index is 0.0906. The van der Waals surface area contributed by atoms with Crippen molar-refractivity contribution in [2.24, 2.45) is 4.99 Å². The summed E-state index contributed by atoms with van der Waals surface area (Å²) in [5.41, 5.74) is 5.02. The Morgan fingerprint density at radius 1 is 1.06 bits per heavy atom. The SMILES string of the molecule is Nc1cnc(-c2ccccc2)n(CC(=O)C2(C(CC(=O)O)c3ccccc3)C=CC=N2)c1=O. The molecule has 3 aromatic rings.